The van der Waals surface area contributed by atoms with E-state index in [0.717, 1.165) is 4.90 Å². The van der Waals surface area contributed by atoms with Crippen molar-refractivity contribution >= 4 is 27.6 Å². The molecule has 0 saturated carbocycles. The first-order valence-corrected chi connectivity index (χ1v) is 7.31. The van der Waals surface area contributed by atoms with Crippen LogP contribution < -0.4 is 40.1 Å². The van der Waals surface area contributed by atoms with Gasteiger partial charge < -0.3 is 14.8 Å². The van der Waals surface area contributed by atoms with E-state index in [-0.39, 0.29) is 29.6 Å². The minimum absolute atomic E-state index is 0. The van der Waals surface area contributed by atoms with E-state index in [1.807, 2.05) is 0 Å². The summed E-state index contributed by atoms with van der Waals surface area (Å²) < 4.78 is 23.0. The van der Waals surface area contributed by atoms with Crippen LogP contribution in [0.25, 0.3) is 0 Å². The first kappa shape index (κ1) is 18.4. The van der Waals surface area contributed by atoms with Crippen molar-refractivity contribution in [3.05, 3.63) is 0 Å². The van der Waals surface area contributed by atoms with E-state index in [4.69, 9.17) is 5.21 Å². The summed E-state index contributed by atoms with van der Waals surface area (Å²) in [6.45, 7) is 2.41. The van der Waals surface area contributed by atoms with Gasteiger partial charge in [0.25, 0.3) is 0 Å². The molecule has 2 aliphatic heterocycles. The number of carbonyl (C=O) groups is 3. The molecule has 0 unspecified atom stereocenters. The molecular weight excluding hydrogens is 315 g/mol. The fourth-order valence-corrected chi connectivity index (χ4v) is 5.14. The summed E-state index contributed by atoms with van der Waals surface area (Å²) >= 11 is 0. The van der Waals surface area contributed by atoms with Gasteiger partial charge in [0.1, 0.15) is 5.37 Å². The van der Waals surface area contributed by atoms with Gasteiger partial charge in [-0.05, 0) is 13.8 Å². The number of carboxylic acid groups (broad SMARTS) is 1. The second-order valence-corrected chi connectivity index (χ2v) is 7.98. The van der Waals surface area contributed by atoms with Crippen LogP contribution in [0.2, 0.25) is 0 Å². The molecule has 112 valence electrons. The van der Waals surface area contributed by atoms with E-state index in [2.05, 4.69) is 0 Å². The van der Waals surface area contributed by atoms with Crippen LogP contribution in [0.1, 0.15) is 20.3 Å². The minimum atomic E-state index is -3.97. The first-order chi connectivity index (χ1) is 9.07. The van der Waals surface area contributed by atoms with Gasteiger partial charge in [0, 0.05) is 6.42 Å². The van der Waals surface area contributed by atoms with E-state index in [1.165, 1.54) is 19.3 Å². The van der Waals surface area contributed by atoms with E-state index in [1.54, 1.807) is 0 Å². The van der Waals surface area contributed by atoms with Crippen molar-refractivity contribution in [2.24, 2.45) is 5.92 Å². The number of hydrogen-bond acceptors (Lipinski definition) is 7. The Bertz CT molecular complexity index is 603. The quantitative estimate of drug-likeness (QED) is 0.227. The van der Waals surface area contributed by atoms with Gasteiger partial charge in [0.05, 0.1) is 22.7 Å². The Morgan fingerprint density at radius 1 is 1.43 bits per heavy atom. The number of sulfone groups is 1. The third-order valence-electron chi connectivity index (χ3n) is 3.93. The van der Waals surface area contributed by atoms with E-state index < -0.39 is 56.1 Å². The van der Waals surface area contributed by atoms with Crippen molar-refractivity contribution in [1.29, 1.82) is 0 Å². The van der Waals surface area contributed by atoms with Gasteiger partial charge >= 0.3 is 29.6 Å². The average Bonchev–Trinajstić information content (AvgIpc) is 2.48. The topological polar surface area (TPSA) is 144 Å². The van der Waals surface area contributed by atoms with Gasteiger partial charge in [-0.1, -0.05) is 0 Å². The predicted octanol–water partition coefficient (Wildman–Crippen LogP) is -6.00. The molecule has 0 radical (unpaired) electrons. The van der Waals surface area contributed by atoms with Crippen molar-refractivity contribution in [2.45, 2.75) is 36.4 Å². The molecule has 0 bridgehead atoms. The van der Waals surface area contributed by atoms with Gasteiger partial charge in [0.2, 0.25) is 11.8 Å². The molecule has 0 spiro atoms. The summed E-state index contributed by atoms with van der Waals surface area (Å²) in [6, 6.07) is -1.58. The Labute approximate surface area is 142 Å². The third kappa shape index (κ3) is 2.29. The molecule has 2 aliphatic rings. The van der Waals surface area contributed by atoms with Crippen LogP contribution in [-0.2, 0) is 24.2 Å². The number of hydroxylamine groups is 1. The number of amides is 2. The Morgan fingerprint density at radius 2 is 1.95 bits per heavy atom. The SMILES string of the molecule is CC1(C)[C@H](C(=O)[O-])N2C(=O)[C@@H](CC(=O)NO)[C@H]2S1(=O)=O.[Na+]. The molecule has 0 aromatic heterocycles. The zero-order chi connectivity index (χ0) is 15.5. The monoisotopic (exact) mass is 328 g/mol. The van der Waals surface area contributed by atoms with Crippen LogP contribution in [0.15, 0.2) is 0 Å². The van der Waals surface area contributed by atoms with Crippen LogP contribution in [0.4, 0.5) is 0 Å². The van der Waals surface area contributed by atoms with Crippen LogP contribution in [-0.4, -0.2) is 52.5 Å². The summed E-state index contributed by atoms with van der Waals surface area (Å²) in [5.41, 5.74) is 1.31. The van der Waals surface area contributed by atoms with E-state index in [9.17, 15) is 27.9 Å². The summed E-state index contributed by atoms with van der Waals surface area (Å²) in [7, 11) is -3.97. The van der Waals surface area contributed by atoms with Gasteiger partial charge in [0.15, 0.2) is 9.84 Å². The fourth-order valence-electron chi connectivity index (χ4n) is 2.82. The van der Waals surface area contributed by atoms with Crippen molar-refractivity contribution < 1.29 is 62.7 Å². The molecule has 2 amide bonds. The van der Waals surface area contributed by atoms with Gasteiger partial charge in [-0.2, -0.15) is 0 Å². The molecule has 0 aromatic rings. The summed E-state index contributed by atoms with van der Waals surface area (Å²) in [4.78, 5) is 34.8. The fraction of sp³-hybridized carbons (Fsp3) is 0.700. The molecule has 2 fully saturated rings. The molecule has 0 aliphatic carbocycles. The molecule has 9 nitrogen and oxygen atoms in total. The van der Waals surface area contributed by atoms with Crippen LogP contribution in [0, 0.1) is 5.92 Å². The largest absolute Gasteiger partial charge is 1.00 e. The summed E-state index contributed by atoms with van der Waals surface area (Å²) in [5.74, 6) is -4.50. The average molecular weight is 328 g/mol. The zero-order valence-electron chi connectivity index (χ0n) is 11.7. The van der Waals surface area contributed by atoms with Gasteiger partial charge in [-0.25, -0.2) is 13.9 Å². The standard InChI is InChI=1S/C10H14N2O7S.Na/c1-10(2)6(9(15)16)12-7(14)4(3-5(13)11-17)8(12)20(10,18)19;/h4,6,8,17H,3H2,1-2H3,(H,11,13)(H,15,16);/q;+1/p-1/t4-,6+,8-;/m1./s1. The maximum atomic E-state index is 12.3. The summed E-state index contributed by atoms with van der Waals surface area (Å²) in [5, 5.41) is 18.2. The van der Waals surface area contributed by atoms with Crippen LogP contribution in [0.5, 0.6) is 0 Å². The molecular formula is C10H13N2NaO7S. The van der Waals surface area contributed by atoms with Crippen molar-refractivity contribution in [1.82, 2.24) is 10.4 Å². The number of carbonyl (C=O) groups excluding carboxylic acids is 3. The van der Waals surface area contributed by atoms with Crippen LogP contribution >= 0.6 is 0 Å². The minimum Gasteiger partial charge on any atom is -0.548 e. The number of aliphatic carboxylic acids is 1. The Hall–Kier alpha value is -0.680. The van der Waals surface area contributed by atoms with Gasteiger partial charge in [-0.15, -0.1) is 0 Å². The number of nitrogens with zero attached hydrogens (tertiary/aromatic N) is 1. The van der Waals surface area contributed by atoms with Crippen LogP contribution in [0.3, 0.4) is 0 Å². The molecule has 2 N–H and O–H groups in total. The van der Waals surface area contributed by atoms with Crippen molar-refractivity contribution in [3.63, 3.8) is 0 Å². The Morgan fingerprint density at radius 3 is 2.38 bits per heavy atom. The Kier molecular flexibility index (Phi) is 4.82. The number of carboxylic acids is 1. The number of fused-ring (bicyclic) bond motifs is 1. The van der Waals surface area contributed by atoms with Crippen molar-refractivity contribution in [3.8, 4) is 0 Å². The molecule has 21 heavy (non-hydrogen) atoms. The second-order valence-electron chi connectivity index (χ2n) is 5.35. The first-order valence-electron chi connectivity index (χ1n) is 5.76. The maximum Gasteiger partial charge on any atom is 1.00 e. The van der Waals surface area contributed by atoms with Crippen molar-refractivity contribution in [2.75, 3.05) is 0 Å². The second kappa shape index (κ2) is 5.51. The maximum absolute atomic E-state index is 12.3. The number of β-lactam (4-membered cyclic amide) rings is 1. The molecule has 3 atom stereocenters. The molecule has 2 heterocycles. The van der Waals surface area contributed by atoms with Gasteiger partial charge in [-0.3, -0.25) is 14.8 Å². The normalized spacial score (nSPS) is 31.7. The Balaban J connectivity index is 0.00000220. The zero-order valence-corrected chi connectivity index (χ0v) is 14.5. The molecule has 11 heteroatoms. The smallest absolute Gasteiger partial charge is 0.548 e. The van der Waals surface area contributed by atoms with E-state index >= 15 is 0 Å². The van der Waals surface area contributed by atoms with E-state index in [0.29, 0.717) is 0 Å². The number of rotatable bonds is 3. The summed E-state index contributed by atoms with van der Waals surface area (Å²) in [6.07, 6.45) is -0.522. The number of hydrogen-bond donors (Lipinski definition) is 2. The third-order valence-corrected chi connectivity index (χ3v) is 6.81. The molecule has 2 rings (SSSR count). The predicted molar refractivity (Wildman–Crippen MR) is 60.5 cm³/mol. The molecule has 2 saturated heterocycles. The molecule has 0 aromatic carbocycles. The number of nitrogens with one attached hydrogen (secondary N) is 1.